The van der Waals surface area contributed by atoms with Crippen LogP contribution in [0.2, 0.25) is 0 Å². The predicted molar refractivity (Wildman–Crippen MR) is 63.6 cm³/mol. The number of hydrogen-bond donors (Lipinski definition) is 2. The molecule has 3 N–H and O–H groups in total. The SMILES string of the molecule is Cl.Nc1ccn([C@@H]2CS[C@H](CO)O2)c(=O)n1. The molecule has 0 bridgehead atoms. The van der Waals surface area contributed by atoms with Gasteiger partial charge in [-0.3, -0.25) is 4.57 Å². The number of aliphatic hydroxyl groups is 1. The molecule has 0 spiro atoms. The van der Waals surface area contributed by atoms with Crippen LogP contribution in [0, 0.1) is 0 Å². The van der Waals surface area contributed by atoms with Crippen molar-refractivity contribution in [3.05, 3.63) is 22.7 Å². The van der Waals surface area contributed by atoms with E-state index in [4.69, 9.17) is 15.6 Å². The zero-order chi connectivity index (χ0) is 10.8. The first-order valence-corrected chi connectivity index (χ1v) is 5.48. The van der Waals surface area contributed by atoms with Gasteiger partial charge in [-0.05, 0) is 6.07 Å². The predicted octanol–water partition coefficient (Wildman–Crippen LogP) is -0.172. The number of nitrogens with zero attached hydrogens (tertiary/aromatic N) is 2. The molecule has 0 aromatic carbocycles. The summed E-state index contributed by atoms with van der Waals surface area (Å²) in [6.07, 6.45) is 1.18. The van der Waals surface area contributed by atoms with Crippen LogP contribution in [0.5, 0.6) is 0 Å². The first-order valence-electron chi connectivity index (χ1n) is 4.43. The lowest BCUT2D eigenvalue weighted by Crippen LogP contribution is -2.28. The maximum atomic E-state index is 11.4. The number of rotatable bonds is 2. The summed E-state index contributed by atoms with van der Waals surface area (Å²) >= 11 is 1.47. The molecule has 8 heteroatoms. The van der Waals surface area contributed by atoms with Crippen molar-refractivity contribution >= 4 is 30.0 Å². The second-order valence-corrected chi connectivity index (χ2v) is 4.27. The van der Waals surface area contributed by atoms with E-state index in [1.165, 1.54) is 16.3 Å². The molecule has 0 aliphatic carbocycles. The normalized spacial score (nSPS) is 24.1. The molecule has 1 aliphatic heterocycles. The van der Waals surface area contributed by atoms with Crippen LogP contribution in [0.15, 0.2) is 17.1 Å². The van der Waals surface area contributed by atoms with Gasteiger partial charge in [0.05, 0.1) is 6.61 Å². The summed E-state index contributed by atoms with van der Waals surface area (Å²) in [5.74, 6) is 0.817. The number of nitrogen functional groups attached to an aromatic ring is 1. The van der Waals surface area contributed by atoms with Gasteiger partial charge in [-0.25, -0.2) is 4.79 Å². The minimum Gasteiger partial charge on any atom is -0.393 e. The fraction of sp³-hybridized carbons (Fsp3) is 0.500. The highest BCUT2D eigenvalue weighted by Crippen LogP contribution is 2.30. The highest BCUT2D eigenvalue weighted by Gasteiger charge is 2.27. The Morgan fingerprint density at radius 2 is 2.50 bits per heavy atom. The van der Waals surface area contributed by atoms with E-state index in [1.54, 1.807) is 12.3 Å². The average molecular weight is 266 g/mol. The first kappa shape index (κ1) is 13.3. The quantitative estimate of drug-likeness (QED) is 0.772. The van der Waals surface area contributed by atoms with Crippen LogP contribution in [-0.2, 0) is 4.74 Å². The summed E-state index contributed by atoms with van der Waals surface area (Å²) in [4.78, 5) is 15.0. The van der Waals surface area contributed by atoms with Crippen LogP contribution in [0.25, 0.3) is 0 Å². The molecule has 1 aliphatic rings. The molecule has 0 radical (unpaired) electrons. The molecule has 90 valence electrons. The number of halogens is 1. The largest absolute Gasteiger partial charge is 0.393 e. The zero-order valence-corrected chi connectivity index (χ0v) is 9.91. The topological polar surface area (TPSA) is 90.4 Å². The minimum atomic E-state index is -0.431. The zero-order valence-electron chi connectivity index (χ0n) is 8.28. The van der Waals surface area contributed by atoms with Crippen molar-refractivity contribution < 1.29 is 9.84 Å². The van der Waals surface area contributed by atoms with Gasteiger partial charge < -0.3 is 15.6 Å². The second-order valence-electron chi connectivity index (χ2n) is 3.08. The van der Waals surface area contributed by atoms with E-state index in [0.717, 1.165) is 0 Å². The summed E-state index contributed by atoms with van der Waals surface area (Å²) in [6, 6.07) is 1.54. The van der Waals surface area contributed by atoms with Crippen LogP contribution < -0.4 is 11.4 Å². The fourth-order valence-electron chi connectivity index (χ4n) is 1.33. The Kier molecular flexibility index (Phi) is 4.60. The van der Waals surface area contributed by atoms with Crippen molar-refractivity contribution in [3.8, 4) is 0 Å². The third-order valence-electron chi connectivity index (χ3n) is 2.04. The van der Waals surface area contributed by atoms with Gasteiger partial charge in [0, 0.05) is 11.9 Å². The highest BCUT2D eigenvalue weighted by atomic mass is 35.5. The third kappa shape index (κ3) is 2.67. The second kappa shape index (κ2) is 5.53. The molecule has 2 atom stereocenters. The lowest BCUT2D eigenvalue weighted by atomic mass is 10.5. The van der Waals surface area contributed by atoms with Gasteiger partial charge >= 0.3 is 5.69 Å². The summed E-state index contributed by atoms with van der Waals surface area (Å²) < 4.78 is 6.79. The highest BCUT2D eigenvalue weighted by molar-refractivity contribution is 8.00. The van der Waals surface area contributed by atoms with Crippen molar-refractivity contribution in [1.82, 2.24) is 9.55 Å². The molecular formula is C8H12ClN3O3S. The minimum absolute atomic E-state index is 0. The lowest BCUT2D eigenvalue weighted by molar-refractivity contribution is -0.00629. The van der Waals surface area contributed by atoms with Crippen LogP contribution >= 0.6 is 24.2 Å². The van der Waals surface area contributed by atoms with E-state index < -0.39 is 5.69 Å². The molecule has 1 saturated heterocycles. The van der Waals surface area contributed by atoms with Gasteiger partial charge in [0.1, 0.15) is 17.5 Å². The summed E-state index contributed by atoms with van der Waals surface area (Å²) in [7, 11) is 0. The van der Waals surface area contributed by atoms with E-state index in [-0.39, 0.29) is 36.5 Å². The molecule has 1 aromatic rings. The number of thioether (sulfide) groups is 1. The Bertz CT molecular complexity index is 414. The van der Waals surface area contributed by atoms with Gasteiger partial charge in [0.15, 0.2) is 0 Å². The Morgan fingerprint density at radius 1 is 1.75 bits per heavy atom. The van der Waals surface area contributed by atoms with Crippen molar-refractivity contribution in [1.29, 1.82) is 0 Å². The number of aliphatic hydroxyl groups excluding tert-OH is 1. The fourth-order valence-corrected chi connectivity index (χ4v) is 2.26. The maximum Gasteiger partial charge on any atom is 0.351 e. The van der Waals surface area contributed by atoms with Gasteiger partial charge in [0.25, 0.3) is 0 Å². The molecule has 0 unspecified atom stereocenters. The van der Waals surface area contributed by atoms with Crippen molar-refractivity contribution in [2.45, 2.75) is 11.7 Å². The molecule has 1 fully saturated rings. The molecule has 0 saturated carbocycles. The monoisotopic (exact) mass is 265 g/mol. The van der Waals surface area contributed by atoms with Crippen molar-refractivity contribution in [2.24, 2.45) is 0 Å². The van der Waals surface area contributed by atoms with Crippen LogP contribution in [0.1, 0.15) is 6.23 Å². The first-order chi connectivity index (χ1) is 7.20. The van der Waals surface area contributed by atoms with E-state index in [9.17, 15) is 4.79 Å². The van der Waals surface area contributed by atoms with Crippen LogP contribution in [-0.4, -0.2) is 32.5 Å². The van der Waals surface area contributed by atoms with Crippen LogP contribution in [0.3, 0.4) is 0 Å². The Morgan fingerprint density at radius 3 is 3.06 bits per heavy atom. The lowest BCUT2D eigenvalue weighted by Gasteiger charge is -2.13. The smallest absolute Gasteiger partial charge is 0.351 e. The van der Waals surface area contributed by atoms with Gasteiger partial charge in [-0.2, -0.15) is 4.98 Å². The number of ether oxygens (including phenoxy) is 1. The Labute approximate surface area is 102 Å². The van der Waals surface area contributed by atoms with Gasteiger partial charge in [0.2, 0.25) is 0 Å². The summed E-state index contributed by atoms with van der Waals surface area (Å²) in [6.45, 7) is -0.0572. The number of anilines is 1. The van der Waals surface area contributed by atoms with E-state index >= 15 is 0 Å². The van der Waals surface area contributed by atoms with E-state index in [0.29, 0.717) is 5.75 Å². The molecule has 6 nitrogen and oxygen atoms in total. The molecule has 2 rings (SSSR count). The summed E-state index contributed by atoms with van der Waals surface area (Å²) in [5.41, 5.74) is 4.67. The maximum absolute atomic E-state index is 11.4. The average Bonchev–Trinajstić information content (AvgIpc) is 2.66. The molecular weight excluding hydrogens is 254 g/mol. The molecule has 0 amide bonds. The number of aromatic nitrogens is 2. The van der Waals surface area contributed by atoms with Gasteiger partial charge in [-0.1, -0.05) is 0 Å². The summed E-state index contributed by atoms with van der Waals surface area (Å²) in [5, 5.41) is 8.88. The van der Waals surface area contributed by atoms with E-state index in [1.807, 2.05) is 0 Å². The third-order valence-corrected chi connectivity index (χ3v) is 3.15. The molecule has 1 aromatic heterocycles. The Balaban J connectivity index is 0.00000128. The standard InChI is InChI=1S/C8H11N3O3S.ClH/c9-5-1-2-11(8(13)10-5)6-4-15-7(3-12)14-6;/h1-2,6-7,12H,3-4H2,(H2,9,10,13);1H/t6-,7+;/m0./s1. The van der Waals surface area contributed by atoms with Crippen molar-refractivity contribution in [2.75, 3.05) is 18.1 Å². The molecule has 16 heavy (non-hydrogen) atoms. The van der Waals surface area contributed by atoms with Crippen molar-refractivity contribution in [3.63, 3.8) is 0 Å². The van der Waals surface area contributed by atoms with Crippen LogP contribution in [0.4, 0.5) is 5.82 Å². The number of nitrogens with two attached hydrogens (primary N) is 1. The Hall–Kier alpha value is -0.760. The number of hydrogen-bond acceptors (Lipinski definition) is 6. The van der Waals surface area contributed by atoms with Gasteiger partial charge in [-0.15, -0.1) is 24.2 Å². The van der Waals surface area contributed by atoms with E-state index in [2.05, 4.69) is 4.98 Å². The molecule has 2 heterocycles.